The molecule has 0 bridgehead atoms. The molecule has 1 aliphatic rings. The van der Waals surface area contributed by atoms with Crippen molar-refractivity contribution in [2.75, 3.05) is 19.6 Å². The average molecular weight is 267 g/mol. The van der Waals surface area contributed by atoms with E-state index in [1.165, 1.54) is 0 Å². The summed E-state index contributed by atoms with van der Waals surface area (Å²) < 4.78 is 0. The third kappa shape index (κ3) is 3.01. The van der Waals surface area contributed by atoms with Crippen LogP contribution in [0.25, 0.3) is 0 Å². The third-order valence-electron chi connectivity index (χ3n) is 2.93. The molecule has 5 heteroatoms. The zero-order valence-electron chi connectivity index (χ0n) is 9.99. The Balaban J connectivity index is 2.12. The van der Waals surface area contributed by atoms with E-state index in [1.54, 1.807) is 17.0 Å². The van der Waals surface area contributed by atoms with Crippen LogP contribution in [0.2, 0.25) is 0 Å². The van der Waals surface area contributed by atoms with Crippen LogP contribution in [0.1, 0.15) is 22.3 Å². The first kappa shape index (κ1) is 12.9. The second kappa shape index (κ2) is 5.87. The van der Waals surface area contributed by atoms with Gasteiger partial charge in [-0.3, -0.25) is 9.59 Å². The van der Waals surface area contributed by atoms with E-state index in [-0.39, 0.29) is 11.8 Å². The zero-order chi connectivity index (χ0) is 13.0. The van der Waals surface area contributed by atoms with Gasteiger partial charge in [-0.2, -0.15) is 0 Å². The van der Waals surface area contributed by atoms with E-state index in [0.717, 1.165) is 5.56 Å². The van der Waals surface area contributed by atoms with Crippen LogP contribution in [0.15, 0.2) is 24.3 Å². The van der Waals surface area contributed by atoms with E-state index in [0.29, 0.717) is 37.5 Å². The fraction of sp³-hybridized carbons (Fsp3) is 0.385. The molecule has 1 fully saturated rings. The molecular formula is C13H15ClN2O2. The Morgan fingerprint density at radius 1 is 1.39 bits per heavy atom. The lowest BCUT2D eigenvalue weighted by atomic mass is 10.1. The summed E-state index contributed by atoms with van der Waals surface area (Å²) in [7, 11) is 0. The van der Waals surface area contributed by atoms with Crippen LogP contribution < -0.4 is 5.32 Å². The molecule has 1 aromatic carbocycles. The smallest absolute Gasteiger partial charge is 0.253 e. The number of alkyl halides is 1. The fourth-order valence-corrected chi connectivity index (χ4v) is 2.11. The highest BCUT2D eigenvalue weighted by molar-refractivity contribution is 6.17. The van der Waals surface area contributed by atoms with E-state index in [4.69, 9.17) is 11.6 Å². The molecule has 0 unspecified atom stereocenters. The van der Waals surface area contributed by atoms with Crippen molar-refractivity contribution >= 4 is 23.4 Å². The first-order chi connectivity index (χ1) is 8.70. The summed E-state index contributed by atoms with van der Waals surface area (Å²) in [5.41, 5.74) is 1.55. The molecule has 2 amide bonds. The molecule has 96 valence electrons. The Kier molecular flexibility index (Phi) is 4.20. The Morgan fingerprint density at radius 2 is 2.22 bits per heavy atom. The molecule has 0 spiro atoms. The standard InChI is InChI=1S/C13H15ClN2O2/c14-9-10-2-1-3-11(8-10)13(18)16-6-4-12(17)15-5-7-16/h1-3,8H,4-7,9H2,(H,15,17). The number of halogens is 1. The highest BCUT2D eigenvalue weighted by Gasteiger charge is 2.19. The molecule has 0 aliphatic carbocycles. The SMILES string of the molecule is O=C1CCN(C(=O)c2cccc(CCl)c2)CCN1. The molecule has 0 aromatic heterocycles. The predicted octanol–water partition coefficient (Wildman–Crippen LogP) is 1.39. The lowest BCUT2D eigenvalue weighted by Gasteiger charge is -2.19. The van der Waals surface area contributed by atoms with Crippen molar-refractivity contribution in [1.82, 2.24) is 10.2 Å². The number of carbonyl (C=O) groups is 2. The molecule has 0 saturated carbocycles. The van der Waals surface area contributed by atoms with Gasteiger partial charge in [0.2, 0.25) is 5.91 Å². The Hall–Kier alpha value is -1.55. The minimum atomic E-state index is -0.0431. The molecule has 1 aliphatic heterocycles. The van der Waals surface area contributed by atoms with E-state index in [1.807, 2.05) is 12.1 Å². The van der Waals surface area contributed by atoms with Gasteiger partial charge in [0.15, 0.2) is 0 Å². The fourth-order valence-electron chi connectivity index (χ4n) is 1.94. The van der Waals surface area contributed by atoms with Gasteiger partial charge >= 0.3 is 0 Å². The predicted molar refractivity (Wildman–Crippen MR) is 69.5 cm³/mol. The summed E-state index contributed by atoms with van der Waals surface area (Å²) >= 11 is 5.76. The van der Waals surface area contributed by atoms with Gasteiger partial charge < -0.3 is 10.2 Å². The van der Waals surface area contributed by atoms with E-state index < -0.39 is 0 Å². The van der Waals surface area contributed by atoms with Gasteiger partial charge in [0.1, 0.15) is 0 Å². The number of hydrogen-bond donors (Lipinski definition) is 1. The van der Waals surface area contributed by atoms with Crippen molar-refractivity contribution < 1.29 is 9.59 Å². The maximum atomic E-state index is 12.3. The lowest BCUT2D eigenvalue weighted by Crippen LogP contribution is -2.34. The van der Waals surface area contributed by atoms with Crippen molar-refractivity contribution in [2.24, 2.45) is 0 Å². The molecule has 1 heterocycles. The van der Waals surface area contributed by atoms with Crippen LogP contribution in [0.3, 0.4) is 0 Å². The van der Waals surface area contributed by atoms with Gasteiger partial charge in [0.05, 0.1) is 0 Å². The normalized spacial score (nSPS) is 16.1. The van der Waals surface area contributed by atoms with Crippen LogP contribution in [-0.4, -0.2) is 36.3 Å². The Bertz CT molecular complexity index is 462. The number of nitrogens with zero attached hydrogens (tertiary/aromatic N) is 1. The molecule has 18 heavy (non-hydrogen) atoms. The highest BCUT2D eigenvalue weighted by atomic mass is 35.5. The lowest BCUT2D eigenvalue weighted by molar-refractivity contribution is -0.120. The molecule has 1 saturated heterocycles. The maximum absolute atomic E-state index is 12.3. The minimum absolute atomic E-state index is 0.000177. The number of nitrogens with one attached hydrogen (secondary N) is 1. The number of rotatable bonds is 2. The van der Waals surface area contributed by atoms with Gasteiger partial charge in [0, 0.05) is 37.5 Å². The topological polar surface area (TPSA) is 49.4 Å². The summed E-state index contributed by atoms with van der Waals surface area (Å²) in [6, 6.07) is 7.29. The average Bonchev–Trinajstić information content (AvgIpc) is 2.63. The van der Waals surface area contributed by atoms with Crippen LogP contribution >= 0.6 is 11.6 Å². The monoisotopic (exact) mass is 266 g/mol. The van der Waals surface area contributed by atoms with Crippen LogP contribution in [0, 0.1) is 0 Å². The van der Waals surface area contributed by atoms with Gasteiger partial charge in [-0.25, -0.2) is 0 Å². The number of benzene rings is 1. The van der Waals surface area contributed by atoms with Crippen molar-refractivity contribution in [3.63, 3.8) is 0 Å². The molecule has 1 aromatic rings. The highest BCUT2D eigenvalue weighted by Crippen LogP contribution is 2.11. The maximum Gasteiger partial charge on any atom is 0.253 e. The summed E-state index contributed by atoms with van der Waals surface area (Å²) in [6.45, 7) is 1.53. The number of carbonyl (C=O) groups excluding carboxylic acids is 2. The molecule has 4 nitrogen and oxygen atoms in total. The quantitative estimate of drug-likeness (QED) is 0.823. The van der Waals surface area contributed by atoms with Crippen molar-refractivity contribution in [1.29, 1.82) is 0 Å². The molecule has 1 N–H and O–H groups in total. The summed E-state index contributed by atoms with van der Waals surface area (Å²) in [5.74, 6) is 0.347. The van der Waals surface area contributed by atoms with Crippen molar-refractivity contribution in [3.8, 4) is 0 Å². The molecule has 0 atom stereocenters. The van der Waals surface area contributed by atoms with Crippen LogP contribution in [0.4, 0.5) is 0 Å². The summed E-state index contributed by atoms with van der Waals surface area (Å²) in [4.78, 5) is 25.2. The van der Waals surface area contributed by atoms with Crippen molar-refractivity contribution in [3.05, 3.63) is 35.4 Å². The van der Waals surface area contributed by atoms with Crippen LogP contribution in [0.5, 0.6) is 0 Å². The van der Waals surface area contributed by atoms with Crippen LogP contribution in [-0.2, 0) is 10.7 Å². The number of hydrogen-bond acceptors (Lipinski definition) is 2. The molecule has 0 radical (unpaired) electrons. The summed E-state index contributed by atoms with van der Waals surface area (Å²) in [6.07, 6.45) is 0.362. The van der Waals surface area contributed by atoms with E-state index in [2.05, 4.69) is 5.32 Å². The van der Waals surface area contributed by atoms with Crippen molar-refractivity contribution in [2.45, 2.75) is 12.3 Å². The van der Waals surface area contributed by atoms with Gasteiger partial charge in [0.25, 0.3) is 5.91 Å². The Labute approximate surface area is 111 Å². The Morgan fingerprint density at radius 3 is 3.00 bits per heavy atom. The second-order valence-corrected chi connectivity index (χ2v) is 4.49. The van der Waals surface area contributed by atoms with Gasteiger partial charge in [-0.1, -0.05) is 12.1 Å². The zero-order valence-corrected chi connectivity index (χ0v) is 10.7. The summed E-state index contributed by atoms with van der Waals surface area (Å²) in [5, 5.41) is 2.75. The first-order valence-electron chi connectivity index (χ1n) is 5.91. The van der Waals surface area contributed by atoms with E-state index >= 15 is 0 Å². The molecular weight excluding hydrogens is 252 g/mol. The molecule has 2 rings (SSSR count). The van der Waals surface area contributed by atoms with Gasteiger partial charge in [-0.05, 0) is 17.7 Å². The number of amides is 2. The van der Waals surface area contributed by atoms with E-state index in [9.17, 15) is 9.59 Å². The first-order valence-corrected chi connectivity index (χ1v) is 6.45. The third-order valence-corrected chi connectivity index (χ3v) is 3.24. The van der Waals surface area contributed by atoms with Gasteiger partial charge in [-0.15, -0.1) is 11.6 Å². The minimum Gasteiger partial charge on any atom is -0.354 e. The largest absolute Gasteiger partial charge is 0.354 e. The second-order valence-electron chi connectivity index (χ2n) is 4.23.